The molecule has 95 heavy (non-hydrogen) atoms. The molecule has 0 saturated carbocycles. The van der Waals surface area contributed by atoms with Gasteiger partial charge in [-0.25, -0.2) is 8.42 Å². The fourth-order valence-corrected chi connectivity index (χ4v) is 16.0. The van der Waals surface area contributed by atoms with Crippen LogP contribution < -0.4 is 52.4 Å². The third-order valence-corrected chi connectivity index (χ3v) is 20.7. The summed E-state index contributed by atoms with van der Waals surface area (Å²) < 4.78 is 26.9. The highest BCUT2D eigenvalue weighted by atomic mass is 32.2. The van der Waals surface area contributed by atoms with Crippen LogP contribution in [-0.2, 0) is 9.84 Å². The maximum Gasteiger partial charge on any atom is 0.252 e. The quantitative estimate of drug-likeness (QED) is 0.0998. The first-order valence-electron chi connectivity index (χ1n) is 32.1. The van der Waals surface area contributed by atoms with E-state index >= 15 is 0 Å². The van der Waals surface area contributed by atoms with Crippen molar-refractivity contribution in [3.63, 3.8) is 0 Å². The van der Waals surface area contributed by atoms with Gasteiger partial charge in [0.25, 0.3) is 13.4 Å². The summed E-state index contributed by atoms with van der Waals surface area (Å²) in [6, 6.07) is 120. The number of carbonyl (C=O) groups is 1. The van der Waals surface area contributed by atoms with Gasteiger partial charge in [-0.2, -0.15) is 0 Å². The number of para-hydroxylation sites is 8. The molecule has 4 aliphatic heterocycles. The Morgan fingerprint density at radius 3 is 0.821 bits per heavy atom. The van der Waals surface area contributed by atoms with Crippen molar-refractivity contribution in [2.24, 2.45) is 0 Å². The maximum atomic E-state index is 13.4. The van der Waals surface area contributed by atoms with E-state index in [1.807, 2.05) is 72.8 Å². The van der Waals surface area contributed by atoms with Crippen LogP contribution in [0.2, 0.25) is 0 Å². The van der Waals surface area contributed by atoms with Gasteiger partial charge in [0.15, 0.2) is 5.78 Å². The molecule has 0 bridgehead atoms. The molecule has 4 aliphatic rings. The van der Waals surface area contributed by atoms with Crippen LogP contribution in [0.3, 0.4) is 0 Å². The molecule has 0 N–H and O–H groups in total. The van der Waals surface area contributed by atoms with Gasteiger partial charge in [-0.3, -0.25) is 4.79 Å². The average Bonchev–Trinajstić information content (AvgIpc) is 0.707. The molecule has 4 heterocycles. The van der Waals surface area contributed by atoms with Crippen molar-refractivity contribution in [2.75, 3.05) is 19.6 Å². The summed E-state index contributed by atoms with van der Waals surface area (Å²) >= 11 is 0. The normalized spacial score (nSPS) is 12.8. The summed E-state index contributed by atoms with van der Waals surface area (Å²) in [6.07, 6.45) is 0. The third-order valence-electron chi connectivity index (χ3n) is 18.9. The monoisotopic (exact) mass is 1240 g/mol. The van der Waals surface area contributed by atoms with Crippen molar-refractivity contribution in [1.29, 1.82) is 0 Å². The van der Waals surface area contributed by atoms with Crippen LogP contribution >= 0.6 is 0 Å². The van der Waals surface area contributed by atoms with Crippen LogP contribution in [0, 0.1) is 0 Å². The molecule has 0 radical (unpaired) electrons. The zero-order chi connectivity index (χ0) is 63.6. The first kappa shape index (κ1) is 57.0. The second-order valence-electron chi connectivity index (χ2n) is 24.3. The molecule has 7 nitrogen and oxygen atoms in total. The smallest absolute Gasteiger partial charge is 0.252 e. The Hall–Kier alpha value is -12.0. The lowest BCUT2D eigenvalue weighted by molar-refractivity contribution is 0.103. The van der Waals surface area contributed by atoms with Crippen LogP contribution in [0.15, 0.2) is 362 Å². The first-order chi connectivity index (χ1) is 46.9. The summed E-state index contributed by atoms with van der Waals surface area (Å²) in [4.78, 5) is 23.4. The van der Waals surface area contributed by atoms with E-state index in [2.05, 4.69) is 262 Å². The zero-order valence-corrected chi connectivity index (χ0v) is 52.4. The van der Waals surface area contributed by atoms with E-state index in [-0.39, 0.29) is 29.0 Å². The number of hydrogen-bond donors (Lipinski definition) is 0. The molecule has 0 aliphatic carbocycles. The molecule has 18 rings (SSSR count). The van der Waals surface area contributed by atoms with Crippen LogP contribution in [0.25, 0.3) is 22.3 Å². The fourth-order valence-electron chi connectivity index (χ4n) is 14.7. The van der Waals surface area contributed by atoms with Gasteiger partial charge in [0.2, 0.25) is 9.84 Å². The van der Waals surface area contributed by atoms with Gasteiger partial charge in [0, 0.05) is 79.4 Å². The average molecular weight is 1240 g/mol. The molecular formula is C85H58B2N4O3S. The number of sulfone groups is 1. The number of benzene rings is 14. The van der Waals surface area contributed by atoms with Crippen LogP contribution in [0.5, 0.6) is 0 Å². The maximum absolute atomic E-state index is 13.4. The number of hydrogen-bond acceptors (Lipinski definition) is 7. The van der Waals surface area contributed by atoms with E-state index < -0.39 is 9.84 Å². The van der Waals surface area contributed by atoms with Crippen molar-refractivity contribution in [3.8, 4) is 22.3 Å². The van der Waals surface area contributed by atoms with Gasteiger partial charge < -0.3 is 19.6 Å². The SMILES string of the molecule is O=C(c1ccccc1)c1ccc(-c2cc3c4c(c2)N(c2ccccc2)c2ccccc2B4c2ccccc2N3c2ccccc2)cc1.O=S(=O)(c1ccccc1)c1ccc(-c2cc3c4c(c2)N(c2ccccc2)c2ccccc2B4c2ccccc2N3c2ccccc2)cc1. The zero-order valence-electron chi connectivity index (χ0n) is 51.6. The molecule has 10 heteroatoms. The van der Waals surface area contributed by atoms with Gasteiger partial charge in [0.1, 0.15) is 0 Å². The van der Waals surface area contributed by atoms with Crippen molar-refractivity contribution >= 4 is 130 Å². The highest BCUT2D eigenvalue weighted by Crippen LogP contribution is 2.48. The number of carbonyl (C=O) groups excluding carboxylic acids is 1. The third kappa shape index (κ3) is 9.76. The predicted molar refractivity (Wildman–Crippen MR) is 394 cm³/mol. The molecule has 0 aromatic heterocycles. The molecule has 448 valence electrons. The highest BCUT2D eigenvalue weighted by Gasteiger charge is 2.45. The van der Waals surface area contributed by atoms with Gasteiger partial charge >= 0.3 is 0 Å². The second kappa shape index (κ2) is 23.6. The van der Waals surface area contributed by atoms with Crippen molar-refractivity contribution in [2.45, 2.75) is 9.79 Å². The Balaban J connectivity index is 0.000000144. The Bertz CT molecular complexity index is 5140. The molecule has 0 saturated heterocycles. The Labute approximate surface area is 554 Å². The second-order valence-corrected chi connectivity index (χ2v) is 26.2. The largest absolute Gasteiger partial charge is 0.311 e. The Morgan fingerprint density at radius 2 is 0.495 bits per heavy atom. The van der Waals surface area contributed by atoms with Gasteiger partial charge in [-0.15, -0.1) is 0 Å². The molecular weight excluding hydrogens is 1180 g/mol. The molecule has 0 spiro atoms. The molecule has 0 amide bonds. The summed E-state index contributed by atoms with van der Waals surface area (Å²) in [5, 5.41) is 0. The van der Waals surface area contributed by atoms with E-state index in [1.54, 1.807) is 36.4 Å². The number of rotatable bonds is 10. The molecule has 0 atom stereocenters. The minimum absolute atomic E-state index is 0.0271. The Kier molecular flexibility index (Phi) is 14.2. The molecule has 0 fully saturated rings. The van der Waals surface area contributed by atoms with E-state index in [9.17, 15) is 13.2 Å². The first-order valence-corrected chi connectivity index (χ1v) is 33.6. The molecule has 14 aromatic carbocycles. The molecule has 0 unspecified atom stereocenters. The van der Waals surface area contributed by atoms with Gasteiger partial charge in [0.05, 0.1) is 9.79 Å². The van der Waals surface area contributed by atoms with Crippen LogP contribution in [0.1, 0.15) is 15.9 Å². The highest BCUT2D eigenvalue weighted by molar-refractivity contribution is 7.91. The van der Waals surface area contributed by atoms with Crippen molar-refractivity contribution in [1.82, 2.24) is 0 Å². The Morgan fingerprint density at radius 1 is 0.242 bits per heavy atom. The van der Waals surface area contributed by atoms with E-state index in [0.29, 0.717) is 11.1 Å². The summed E-state index contributed by atoms with van der Waals surface area (Å²) in [7, 11) is -3.64. The number of anilines is 12. The lowest BCUT2D eigenvalue weighted by atomic mass is 9.33. The van der Waals surface area contributed by atoms with E-state index in [0.717, 1.165) is 79.1 Å². The van der Waals surface area contributed by atoms with Crippen LogP contribution in [-0.4, -0.2) is 27.6 Å². The minimum Gasteiger partial charge on any atom is -0.311 e. The van der Waals surface area contributed by atoms with Crippen LogP contribution in [0.4, 0.5) is 68.2 Å². The van der Waals surface area contributed by atoms with E-state index in [1.165, 1.54) is 44.2 Å². The van der Waals surface area contributed by atoms with Crippen molar-refractivity contribution in [3.05, 3.63) is 363 Å². The minimum atomic E-state index is -3.64. The summed E-state index contributed by atoms with van der Waals surface area (Å²) in [5.41, 5.74) is 26.7. The van der Waals surface area contributed by atoms with Crippen molar-refractivity contribution < 1.29 is 13.2 Å². The summed E-state index contributed by atoms with van der Waals surface area (Å²) in [5.74, 6) is 0.0271. The number of ketones is 1. The summed E-state index contributed by atoms with van der Waals surface area (Å²) in [6.45, 7) is 0.113. The van der Waals surface area contributed by atoms with Gasteiger partial charge in [-0.1, -0.05) is 231 Å². The lowest BCUT2D eigenvalue weighted by Crippen LogP contribution is -2.61. The topological polar surface area (TPSA) is 64.2 Å². The van der Waals surface area contributed by atoms with E-state index in [4.69, 9.17) is 0 Å². The lowest BCUT2D eigenvalue weighted by Gasteiger charge is -2.44. The number of fused-ring (bicyclic) bond motifs is 8. The number of nitrogens with zero attached hydrogens (tertiary/aromatic N) is 4. The molecule has 14 aromatic rings. The predicted octanol–water partition coefficient (Wildman–Crippen LogP) is 16.9. The standard InChI is InChI=1S/C43H29BN2O.C42H29BN2O2S/c47-43(31-14-4-1-5-15-31)32-26-24-30(25-27-32)33-28-40-42-41(29-33)46(35-18-8-3-9-19-35)39-23-13-11-21-37(39)44(42)36-20-10-12-22-38(36)45(40)34-16-6-2-7-17-34;46-48(47,34-18-8-3-9-19-34)35-26-24-30(25-27-35)31-28-40-42-41(29-31)45(33-16-6-2-7-17-33)39-23-13-11-21-37(39)43(42)36-20-10-12-22-38(36)44(40)32-14-4-1-5-15-32/h1-29H;1-29H. The fraction of sp³-hybridized carbons (Fsp3) is 0. The van der Waals surface area contributed by atoms with Gasteiger partial charge in [-0.05, 0) is 176 Å².